The monoisotopic (exact) mass is 442 g/mol. The molecule has 7 nitrogen and oxygen atoms in total. The highest BCUT2D eigenvalue weighted by molar-refractivity contribution is 7.09. The summed E-state index contributed by atoms with van der Waals surface area (Å²) in [5.41, 5.74) is 11.9. The average Bonchev–Trinajstić information content (AvgIpc) is 3.45. The number of fused-ring (bicyclic) bond motifs is 1. The van der Waals surface area contributed by atoms with Crippen molar-refractivity contribution < 1.29 is 5.11 Å². The summed E-state index contributed by atoms with van der Waals surface area (Å²) in [7, 11) is 0. The van der Waals surface area contributed by atoms with Gasteiger partial charge in [0.25, 0.3) is 0 Å². The number of aromatic nitrogens is 5. The molecule has 0 aliphatic heterocycles. The van der Waals surface area contributed by atoms with Gasteiger partial charge in [-0.05, 0) is 49.9 Å². The van der Waals surface area contributed by atoms with Gasteiger partial charge in [-0.15, -0.1) is 11.3 Å². The maximum absolute atomic E-state index is 9.51. The van der Waals surface area contributed by atoms with E-state index < -0.39 is 0 Å². The summed E-state index contributed by atoms with van der Waals surface area (Å²) < 4.78 is 1.80. The van der Waals surface area contributed by atoms with Gasteiger partial charge in [-0.1, -0.05) is 12.1 Å². The number of benzene rings is 1. The lowest BCUT2D eigenvalue weighted by molar-refractivity contribution is 0.276. The van der Waals surface area contributed by atoms with E-state index in [2.05, 4.69) is 27.6 Å². The maximum atomic E-state index is 9.51. The lowest BCUT2D eigenvalue weighted by Crippen LogP contribution is -2.04. The first-order valence-corrected chi connectivity index (χ1v) is 11.2. The van der Waals surface area contributed by atoms with Gasteiger partial charge >= 0.3 is 0 Å². The zero-order chi connectivity index (χ0) is 22.1. The summed E-state index contributed by atoms with van der Waals surface area (Å²) in [6.45, 7) is 2.43. The Balaban J connectivity index is 1.75. The molecule has 0 fully saturated rings. The van der Waals surface area contributed by atoms with E-state index >= 15 is 0 Å². The number of hydrogen-bond acceptors (Lipinski definition) is 7. The van der Waals surface area contributed by atoms with Gasteiger partial charge in [0.05, 0.1) is 40.4 Å². The minimum absolute atomic E-state index is 0.125. The van der Waals surface area contributed by atoms with Gasteiger partial charge in [-0.2, -0.15) is 5.10 Å². The highest BCUT2D eigenvalue weighted by Gasteiger charge is 2.16. The molecule has 3 N–H and O–H groups in total. The van der Waals surface area contributed by atoms with Crippen LogP contribution < -0.4 is 5.73 Å². The summed E-state index contributed by atoms with van der Waals surface area (Å²) in [6.07, 6.45) is 2.57. The first kappa shape index (κ1) is 20.4. The fourth-order valence-electron chi connectivity index (χ4n) is 3.76. The quantitative estimate of drug-likeness (QED) is 0.413. The molecule has 0 radical (unpaired) electrons. The van der Waals surface area contributed by atoms with Crippen LogP contribution in [0.4, 0.5) is 0 Å². The van der Waals surface area contributed by atoms with Gasteiger partial charge < -0.3 is 10.8 Å². The van der Waals surface area contributed by atoms with E-state index in [4.69, 9.17) is 15.7 Å². The minimum atomic E-state index is -0.125. The van der Waals surface area contributed by atoms with Crippen LogP contribution in [0.1, 0.15) is 16.4 Å². The van der Waals surface area contributed by atoms with E-state index in [0.29, 0.717) is 18.1 Å². The third-order valence-electron chi connectivity index (χ3n) is 5.26. The van der Waals surface area contributed by atoms with Gasteiger partial charge in [0.1, 0.15) is 0 Å². The van der Waals surface area contributed by atoms with E-state index in [0.717, 1.165) is 50.5 Å². The van der Waals surface area contributed by atoms with Crippen LogP contribution in [0.15, 0.2) is 60.1 Å². The first-order valence-electron chi connectivity index (χ1n) is 10.3. The second kappa shape index (κ2) is 8.58. The largest absolute Gasteiger partial charge is 0.390 e. The van der Waals surface area contributed by atoms with Crippen molar-refractivity contribution in [1.29, 1.82) is 0 Å². The van der Waals surface area contributed by atoms with E-state index in [1.807, 2.05) is 43.5 Å². The molecular formula is C24H22N6OS. The smallest absolute Gasteiger partial charge is 0.154 e. The molecular weight excluding hydrogens is 420 g/mol. The van der Waals surface area contributed by atoms with Gasteiger partial charge in [-0.25, -0.2) is 14.6 Å². The van der Waals surface area contributed by atoms with Crippen molar-refractivity contribution in [3.05, 3.63) is 76.5 Å². The third kappa shape index (κ3) is 3.80. The second-order valence-corrected chi connectivity index (χ2v) is 8.53. The molecule has 5 aromatic rings. The minimum Gasteiger partial charge on any atom is -0.390 e. The summed E-state index contributed by atoms with van der Waals surface area (Å²) in [6, 6.07) is 15.7. The van der Waals surface area contributed by atoms with Gasteiger partial charge in [0.2, 0.25) is 0 Å². The van der Waals surface area contributed by atoms with Crippen LogP contribution in [0, 0.1) is 6.92 Å². The molecule has 0 atom stereocenters. The number of aliphatic hydroxyl groups excluding tert-OH is 1. The Bertz CT molecular complexity index is 1410. The molecule has 5 rings (SSSR count). The average molecular weight is 443 g/mol. The molecule has 160 valence electrons. The van der Waals surface area contributed by atoms with E-state index in [9.17, 15) is 5.11 Å². The lowest BCUT2D eigenvalue weighted by atomic mass is 10.0. The van der Waals surface area contributed by atoms with Crippen LogP contribution in [-0.2, 0) is 13.0 Å². The van der Waals surface area contributed by atoms with E-state index in [-0.39, 0.29) is 6.61 Å². The second-order valence-electron chi connectivity index (χ2n) is 7.46. The molecule has 0 amide bonds. The number of hydrogen-bond donors (Lipinski definition) is 2. The topological polar surface area (TPSA) is 103 Å². The van der Waals surface area contributed by atoms with Crippen LogP contribution in [0.2, 0.25) is 0 Å². The Labute approximate surface area is 189 Å². The van der Waals surface area contributed by atoms with Crippen LogP contribution in [0.5, 0.6) is 0 Å². The number of rotatable bonds is 6. The fourth-order valence-corrected chi connectivity index (χ4v) is 4.37. The van der Waals surface area contributed by atoms with Crippen LogP contribution in [-0.4, -0.2) is 36.4 Å². The number of nitrogens with two attached hydrogens (primary N) is 1. The molecule has 8 heteroatoms. The fraction of sp³-hybridized carbons (Fsp3) is 0.167. The molecule has 0 spiro atoms. The van der Waals surface area contributed by atoms with E-state index in [1.54, 1.807) is 22.1 Å². The standard InChI is InChI=1S/C24H22N6OS/c1-15-27-22(14-32-15)19-10-16(21-6-2-4-17(28-21)8-9-25)11-23-20(19)12-26-30(23)24-7-3-5-18(13-31)29-24/h2-7,10-12,14,31H,8-9,13,25H2,1H3. The molecule has 32 heavy (non-hydrogen) atoms. The zero-order valence-electron chi connectivity index (χ0n) is 17.6. The van der Waals surface area contributed by atoms with Crippen molar-refractivity contribution in [3.63, 3.8) is 0 Å². The maximum Gasteiger partial charge on any atom is 0.154 e. The molecule has 0 aliphatic rings. The highest BCUT2D eigenvalue weighted by atomic mass is 32.1. The number of aliphatic hydroxyl groups is 1. The number of pyridine rings is 2. The molecule has 4 heterocycles. The zero-order valence-corrected chi connectivity index (χ0v) is 18.4. The summed E-state index contributed by atoms with van der Waals surface area (Å²) >= 11 is 1.62. The highest BCUT2D eigenvalue weighted by Crippen LogP contribution is 2.35. The predicted octanol–water partition coefficient (Wildman–Crippen LogP) is 3.91. The molecule has 1 aromatic carbocycles. The normalized spacial score (nSPS) is 11.3. The lowest BCUT2D eigenvalue weighted by Gasteiger charge is -2.10. The molecule has 0 unspecified atom stereocenters. The SMILES string of the molecule is Cc1nc(-c2cc(-c3cccc(CCN)n3)cc3c2cnn3-c2cccc(CO)n2)cs1. The Hall–Kier alpha value is -3.46. The van der Waals surface area contributed by atoms with Gasteiger partial charge in [0.15, 0.2) is 5.82 Å². The summed E-state index contributed by atoms with van der Waals surface area (Å²) in [5, 5.41) is 18.2. The van der Waals surface area contributed by atoms with Crippen LogP contribution in [0.3, 0.4) is 0 Å². The molecule has 0 saturated heterocycles. The van der Waals surface area contributed by atoms with E-state index in [1.165, 1.54) is 0 Å². The Kier molecular flexibility index (Phi) is 5.48. The third-order valence-corrected chi connectivity index (χ3v) is 6.03. The summed E-state index contributed by atoms with van der Waals surface area (Å²) in [5.74, 6) is 0.647. The summed E-state index contributed by atoms with van der Waals surface area (Å²) in [4.78, 5) is 14.1. The Morgan fingerprint density at radius 1 is 1.00 bits per heavy atom. The molecule has 0 saturated carbocycles. The van der Waals surface area contributed by atoms with Gasteiger partial charge in [0, 0.05) is 34.0 Å². The van der Waals surface area contributed by atoms with Crippen molar-refractivity contribution in [3.8, 4) is 28.3 Å². The van der Waals surface area contributed by atoms with Crippen molar-refractivity contribution in [2.24, 2.45) is 5.73 Å². The van der Waals surface area contributed by atoms with Gasteiger partial charge in [-0.3, -0.25) is 4.98 Å². The molecule has 0 aliphatic carbocycles. The number of nitrogens with zero attached hydrogens (tertiary/aromatic N) is 5. The Morgan fingerprint density at radius 3 is 2.62 bits per heavy atom. The predicted molar refractivity (Wildman–Crippen MR) is 127 cm³/mol. The van der Waals surface area contributed by atoms with Crippen molar-refractivity contribution in [1.82, 2.24) is 24.7 Å². The van der Waals surface area contributed by atoms with Crippen molar-refractivity contribution in [2.45, 2.75) is 20.0 Å². The van der Waals surface area contributed by atoms with Crippen molar-refractivity contribution >= 4 is 22.2 Å². The van der Waals surface area contributed by atoms with Crippen LogP contribution in [0.25, 0.3) is 39.2 Å². The number of aryl methyl sites for hydroxylation is 1. The molecule has 0 bridgehead atoms. The molecule has 4 aromatic heterocycles. The Morgan fingerprint density at radius 2 is 1.84 bits per heavy atom. The number of thiazole rings is 1. The van der Waals surface area contributed by atoms with Crippen LogP contribution >= 0.6 is 11.3 Å². The van der Waals surface area contributed by atoms with Crippen molar-refractivity contribution in [2.75, 3.05) is 6.54 Å². The first-order chi connectivity index (χ1) is 15.7.